The molecule has 0 aliphatic rings. The molecule has 0 fully saturated rings. The van der Waals surface area contributed by atoms with Gasteiger partial charge in [-0.25, -0.2) is 4.79 Å². The first-order valence-electron chi connectivity index (χ1n) is 8.80. The lowest BCUT2D eigenvalue weighted by Crippen LogP contribution is -2.21. The predicted octanol–water partition coefficient (Wildman–Crippen LogP) is 2.23. The molecule has 0 amide bonds. The van der Waals surface area contributed by atoms with Gasteiger partial charge < -0.3 is 10.5 Å². The summed E-state index contributed by atoms with van der Waals surface area (Å²) in [4.78, 5) is 23.9. The lowest BCUT2D eigenvalue weighted by molar-refractivity contribution is -0.140. The Bertz CT molecular complexity index is 1060. The quantitative estimate of drug-likeness (QED) is 0.390. The zero-order valence-electron chi connectivity index (χ0n) is 15.8. The zero-order chi connectivity index (χ0) is 20.3. The van der Waals surface area contributed by atoms with Crippen LogP contribution in [-0.2, 0) is 23.0 Å². The van der Waals surface area contributed by atoms with Gasteiger partial charge in [-0.3, -0.25) is 19.3 Å². The molecular weight excluding hydrogens is 356 g/mol. The lowest BCUT2D eigenvalue weighted by Gasteiger charge is -2.04. The summed E-state index contributed by atoms with van der Waals surface area (Å²) < 4.78 is 7.81. The topological polar surface area (TPSA) is 103 Å². The van der Waals surface area contributed by atoms with Crippen LogP contribution in [0.5, 0.6) is 0 Å². The Kier molecular flexibility index (Phi) is 5.44. The first kappa shape index (κ1) is 19.2. The molecular formula is C21H22N4O3. The number of nitrogen functional groups attached to an aromatic ring is 1. The molecule has 144 valence electrons. The minimum Gasteiger partial charge on any atom is -0.469 e. The van der Waals surface area contributed by atoms with Crippen LogP contribution in [0.1, 0.15) is 17.5 Å². The van der Waals surface area contributed by atoms with Gasteiger partial charge in [-0.1, -0.05) is 24.3 Å². The van der Waals surface area contributed by atoms with Crippen LogP contribution in [0, 0.1) is 5.41 Å². The third kappa shape index (κ3) is 3.88. The van der Waals surface area contributed by atoms with Gasteiger partial charge in [0.25, 0.3) is 0 Å². The van der Waals surface area contributed by atoms with Crippen molar-refractivity contribution in [2.45, 2.75) is 12.8 Å². The number of nitrogens with two attached hydrogens (primary N) is 1. The minimum absolute atomic E-state index is 0.0139. The first-order valence-corrected chi connectivity index (χ1v) is 8.80. The number of carbonyl (C=O) groups excluding carboxylic acids is 1. The van der Waals surface area contributed by atoms with Crippen molar-refractivity contribution in [3.63, 3.8) is 0 Å². The highest BCUT2D eigenvalue weighted by Gasteiger charge is 2.12. The fraction of sp³-hybridized carbons (Fsp3) is 0.190. The number of rotatable bonds is 6. The van der Waals surface area contributed by atoms with Gasteiger partial charge in [-0.2, -0.15) is 0 Å². The second kappa shape index (κ2) is 7.96. The van der Waals surface area contributed by atoms with Crippen LogP contribution in [0.15, 0.2) is 59.5 Å². The Balaban J connectivity index is 1.87. The fourth-order valence-electron chi connectivity index (χ4n) is 2.97. The highest BCUT2D eigenvalue weighted by molar-refractivity contribution is 5.95. The standard InChI is InChI=1S/C21H22N4O3/c1-24-18(15-6-3-14(4-7-15)5-12-19(26)28-2)13-25(21(24)27)17-10-8-16(9-11-17)20(22)23/h3-4,6-11,13H,5,12H2,1-2H3,(H3,22,23). The van der Waals surface area contributed by atoms with Crippen LogP contribution < -0.4 is 11.4 Å². The average Bonchev–Trinajstić information content (AvgIpc) is 3.01. The van der Waals surface area contributed by atoms with Gasteiger partial charge in [-0.05, 0) is 41.8 Å². The summed E-state index contributed by atoms with van der Waals surface area (Å²) >= 11 is 0. The molecule has 0 aliphatic heterocycles. The summed E-state index contributed by atoms with van der Waals surface area (Å²) in [5.74, 6) is -0.251. The van der Waals surface area contributed by atoms with Crippen LogP contribution in [0.4, 0.5) is 0 Å². The van der Waals surface area contributed by atoms with Crippen molar-refractivity contribution in [1.29, 1.82) is 5.41 Å². The van der Waals surface area contributed by atoms with E-state index in [4.69, 9.17) is 11.1 Å². The number of methoxy groups -OCH3 is 1. The molecule has 28 heavy (non-hydrogen) atoms. The van der Waals surface area contributed by atoms with E-state index in [-0.39, 0.29) is 17.5 Å². The SMILES string of the molecule is COC(=O)CCc1ccc(-c2cn(-c3ccc(C(=N)N)cc3)c(=O)n2C)cc1. The number of nitrogens with one attached hydrogen (secondary N) is 1. The van der Waals surface area contributed by atoms with Crippen molar-refractivity contribution < 1.29 is 9.53 Å². The van der Waals surface area contributed by atoms with Crippen LogP contribution in [-0.4, -0.2) is 28.0 Å². The van der Waals surface area contributed by atoms with Crippen molar-refractivity contribution in [3.8, 4) is 16.9 Å². The number of hydrogen-bond acceptors (Lipinski definition) is 4. The molecule has 0 saturated heterocycles. The third-order valence-electron chi connectivity index (χ3n) is 4.66. The number of amidine groups is 1. The van der Waals surface area contributed by atoms with E-state index in [0.717, 1.165) is 16.8 Å². The number of aryl methyl sites for hydroxylation is 1. The number of ether oxygens (including phenoxy) is 1. The maximum absolute atomic E-state index is 12.7. The van der Waals surface area contributed by atoms with E-state index < -0.39 is 0 Å². The van der Waals surface area contributed by atoms with E-state index in [1.807, 2.05) is 24.3 Å². The number of aromatic nitrogens is 2. The summed E-state index contributed by atoms with van der Waals surface area (Å²) in [5, 5.41) is 7.46. The summed E-state index contributed by atoms with van der Waals surface area (Å²) in [6.45, 7) is 0. The molecule has 3 aromatic rings. The van der Waals surface area contributed by atoms with Gasteiger partial charge in [0.15, 0.2) is 0 Å². The zero-order valence-corrected chi connectivity index (χ0v) is 15.8. The molecule has 1 heterocycles. The van der Waals surface area contributed by atoms with Gasteiger partial charge in [0.05, 0.1) is 18.5 Å². The van der Waals surface area contributed by atoms with Crippen molar-refractivity contribution in [2.24, 2.45) is 12.8 Å². The third-order valence-corrected chi connectivity index (χ3v) is 4.66. The van der Waals surface area contributed by atoms with Crippen LogP contribution in [0.3, 0.4) is 0 Å². The van der Waals surface area contributed by atoms with Gasteiger partial charge in [0.1, 0.15) is 5.84 Å². The summed E-state index contributed by atoms with van der Waals surface area (Å²) in [6, 6.07) is 14.7. The molecule has 2 aromatic carbocycles. The largest absolute Gasteiger partial charge is 0.469 e. The van der Waals surface area contributed by atoms with Crippen molar-refractivity contribution in [2.75, 3.05) is 7.11 Å². The van der Waals surface area contributed by atoms with E-state index in [1.165, 1.54) is 7.11 Å². The van der Waals surface area contributed by atoms with Gasteiger partial charge >= 0.3 is 11.7 Å². The van der Waals surface area contributed by atoms with Crippen LogP contribution in [0.2, 0.25) is 0 Å². The van der Waals surface area contributed by atoms with Gasteiger partial charge in [-0.15, -0.1) is 0 Å². The summed E-state index contributed by atoms with van der Waals surface area (Å²) in [7, 11) is 3.10. The summed E-state index contributed by atoms with van der Waals surface area (Å²) in [6.07, 6.45) is 2.73. The second-order valence-electron chi connectivity index (χ2n) is 6.46. The number of benzene rings is 2. The first-order chi connectivity index (χ1) is 13.4. The van der Waals surface area contributed by atoms with Gasteiger partial charge in [0, 0.05) is 25.2 Å². The normalized spacial score (nSPS) is 10.6. The predicted molar refractivity (Wildman–Crippen MR) is 108 cm³/mol. The maximum Gasteiger partial charge on any atom is 0.332 e. The molecule has 7 nitrogen and oxygen atoms in total. The van der Waals surface area contributed by atoms with E-state index in [9.17, 15) is 9.59 Å². The molecule has 0 spiro atoms. The second-order valence-corrected chi connectivity index (χ2v) is 6.46. The van der Waals surface area contributed by atoms with E-state index in [2.05, 4.69) is 4.74 Å². The Morgan fingerprint density at radius 1 is 1.11 bits per heavy atom. The molecule has 0 radical (unpaired) electrons. The minimum atomic E-state index is -0.237. The number of carbonyl (C=O) groups is 1. The highest BCUT2D eigenvalue weighted by atomic mass is 16.5. The number of hydrogen-bond donors (Lipinski definition) is 2. The molecule has 3 N–H and O–H groups in total. The Morgan fingerprint density at radius 2 is 1.75 bits per heavy atom. The monoisotopic (exact) mass is 378 g/mol. The molecule has 3 rings (SSSR count). The van der Waals surface area contributed by atoms with Crippen molar-refractivity contribution >= 4 is 11.8 Å². The summed E-state index contributed by atoms with van der Waals surface area (Å²) in [5.41, 5.74) is 9.33. The molecule has 0 atom stereocenters. The van der Waals surface area contributed by atoms with Crippen molar-refractivity contribution in [3.05, 3.63) is 76.3 Å². The molecule has 1 aromatic heterocycles. The maximum atomic E-state index is 12.7. The Labute approximate surface area is 162 Å². The van der Waals surface area contributed by atoms with E-state index in [0.29, 0.717) is 24.1 Å². The van der Waals surface area contributed by atoms with Crippen LogP contribution >= 0.6 is 0 Å². The fourth-order valence-corrected chi connectivity index (χ4v) is 2.97. The van der Waals surface area contributed by atoms with E-state index in [1.54, 1.807) is 46.6 Å². The average molecular weight is 378 g/mol. The number of esters is 1. The molecule has 7 heteroatoms. The molecule has 0 aliphatic carbocycles. The lowest BCUT2D eigenvalue weighted by atomic mass is 10.1. The Morgan fingerprint density at radius 3 is 2.32 bits per heavy atom. The molecule has 0 bridgehead atoms. The molecule has 0 unspecified atom stereocenters. The van der Waals surface area contributed by atoms with Crippen LogP contribution in [0.25, 0.3) is 16.9 Å². The van der Waals surface area contributed by atoms with Crippen molar-refractivity contribution in [1.82, 2.24) is 9.13 Å². The Hall–Kier alpha value is -3.61. The van der Waals surface area contributed by atoms with Gasteiger partial charge in [0.2, 0.25) is 0 Å². The smallest absolute Gasteiger partial charge is 0.332 e. The number of nitrogens with zero attached hydrogens (tertiary/aromatic N) is 2. The molecule has 0 saturated carbocycles. The highest BCUT2D eigenvalue weighted by Crippen LogP contribution is 2.20. The van der Waals surface area contributed by atoms with E-state index >= 15 is 0 Å². The number of imidazole rings is 1.